The molecule has 15 heavy (non-hydrogen) atoms. The summed E-state index contributed by atoms with van der Waals surface area (Å²) in [6.45, 7) is 0. The number of H-pyrrole nitrogens is 1. The van der Waals surface area contributed by atoms with Gasteiger partial charge >= 0.3 is 0 Å². The number of anilines is 1. The highest BCUT2D eigenvalue weighted by Gasteiger charge is 2.25. The third-order valence-corrected chi connectivity index (χ3v) is 2.99. The molecule has 1 aromatic rings. The van der Waals surface area contributed by atoms with Crippen molar-refractivity contribution in [3.63, 3.8) is 0 Å². The van der Waals surface area contributed by atoms with Gasteiger partial charge in [-0.25, -0.2) is 4.98 Å². The van der Waals surface area contributed by atoms with E-state index >= 15 is 0 Å². The normalized spacial score (nSPS) is 16.9. The van der Waals surface area contributed by atoms with Gasteiger partial charge in [-0.1, -0.05) is 12.8 Å². The van der Waals surface area contributed by atoms with Crippen LogP contribution < -0.4 is 5.73 Å². The molecule has 5 heteroatoms. The van der Waals surface area contributed by atoms with E-state index < -0.39 is 0 Å². The van der Waals surface area contributed by atoms with Crippen LogP contribution in [-0.2, 0) is 0 Å². The number of rotatable bonds is 2. The van der Waals surface area contributed by atoms with Crippen molar-refractivity contribution in [3.05, 3.63) is 12.0 Å². The Hall–Kier alpha value is -1.52. The van der Waals surface area contributed by atoms with Gasteiger partial charge in [-0.2, -0.15) is 0 Å². The number of aromatic nitrogens is 2. The average Bonchev–Trinajstić information content (AvgIpc) is 2.85. The zero-order valence-corrected chi connectivity index (χ0v) is 8.86. The van der Waals surface area contributed by atoms with Gasteiger partial charge in [0, 0.05) is 13.1 Å². The fourth-order valence-electron chi connectivity index (χ4n) is 2.07. The van der Waals surface area contributed by atoms with Crippen molar-refractivity contribution in [3.8, 4) is 0 Å². The van der Waals surface area contributed by atoms with Crippen LogP contribution in [0.4, 0.5) is 5.82 Å². The second kappa shape index (κ2) is 3.92. The quantitative estimate of drug-likeness (QED) is 0.761. The van der Waals surface area contributed by atoms with Crippen LogP contribution >= 0.6 is 0 Å². The standard InChI is InChI=1S/C10H16N4O/c1-14(7-4-2-3-5-7)10(15)9-12-6-8(11)13-9/h6-7H,2-5,11H2,1H3,(H,12,13). The zero-order chi connectivity index (χ0) is 10.8. The molecule has 0 spiro atoms. The molecule has 0 radical (unpaired) electrons. The SMILES string of the molecule is CN(C(=O)c1ncc(N)[nH]1)C1CCCC1. The number of nitrogens with one attached hydrogen (secondary N) is 1. The summed E-state index contributed by atoms with van der Waals surface area (Å²) in [4.78, 5) is 20.4. The second-order valence-corrected chi connectivity index (χ2v) is 4.04. The summed E-state index contributed by atoms with van der Waals surface area (Å²) < 4.78 is 0. The van der Waals surface area contributed by atoms with Crippen molar-refractivity contribution in [2.24, 2.45) is 0 Å². The molecule has 5 nitrogen and oxygen atoms in total. The predicted molar refractivity (Wildman–Crippen MR) is 57.3 cm³/mol. The lowest BCUT2D eigenvalue weighted by Gasteiger charge is -2.23. The van der Waals surface area contributed by atoms with E-state index in [-0.39, 0.29) is 5.91 Å². The first kappa shape index (κ1) is 10.0. The highest BCUT2D eigenvalue weighted by atomic mass is 16.2. The van der Waals surface area contributed by atoms with Gasteiger partial charge in [-0.3, -0.25) is 4.79 Å². The average molecular weight is 208 g/mol. The van der Waals surface area contributed by atoms with Crippen molar-refractivity contribution in [1.29, 1.82) is 0 Å². The van der Waals surface area contributed by atoms with Crippen LogP contribution in [0.2, 0.25) is 0 Å². The molecule has 1 aliphatic carbocycles. The minimum atomic E-state index is -0.0707. The number of imidazole rings is 1. The van der Waals surface area contributed by atoms with Gasteiger partial charge in [0.1, 0.15) is 5.82 Å². The van der Waals surface area contributed by atoms with E-state index in [2.05, 4.69) is 9.97 Å². The molecule has 1 saturated carbocycles. The Kier molecular flexibility index (Phi) is 2.62. The van der Waals surface area contributed by atoms with Crippen molar-refractivity contribution < 1.29 is 4.79 Å². The topological polar surface area (TPSA) is 75.0 Å². The van der Waals surface area contributed by atoms with Crippen molar-refractivity contribution in [2.75, 3.05) is 12.8 Å². The maximum absolute atomic E-state index is 11.9. The van der Waals surface area contributed by atoms with Gasteiger partial charge in [-0.05, 0) is 12.8 Å². The zero-order valence-electron chi connectivity index (χ0n) is 8.86. The molecule has 1 heterocycles. The van der Waals surface area contributed by atoms with Crippen LogP contribution in [0, 0.1) is 0 Å². The third-order valence-electron chi connectivity index (χ3n) is 2.99. The van der Waals surface area contributed by atoms with Crippen LogP contribution in [0.3, 0.4) is 0 Å². The van der Waals surface area contributed by atoms with Gasteiger partial charge in [0.2, 0.25) is 0 Å². The van der Waals surface area contributed by atoms with Gasteiger partial charge in [0.05, 0.1) is 6.20 Å². The van der Waals surface area contributed by atoms with Gasteiger partial charge in [0.25, 0.3) is 5.91 Å². The van der Waals surface area contributed by atoms with Crippen LogP contribution in [0.15, 0.2) is 6.20 Å². The highest BCUT2D eigenvalue weighted by molar-refractivity contribution is 5.91. The number of nitrogens with two attached hydrogens (primary N) is 1. The summed E-state index contributed by atoms with van der Waals surface area (Å²) in [5, 5.41) is 0. The lowest BCUT2D eigenvalue weighted by atomic mass is 10.2. The van der Waals surface area contributed by atoms with E-state index in [1.54, 1.807) is 4.90 Å². The molecule has 2 rings (SSSR count). The van der Waals surface area contributed by atoms with Crippen molar-refractivity contribution >= 4 is 11.7 Å². The molecule has 1 aromatic heterocycles. The number of carbonyl (C=O) groups is 1. The lowest BCUT2D eigenvalue weighted by molar-refractivity contribution is 0.0724. The number of carbonyl (C=O) groups excluding carboxylic acids is 1. The molecule has 1 amide bonds. The minimum Gasteiger partial charge on any atom is -0.384 e. The highest BCUT2D eigenvalue weighted by Crippen LogP contribution is 2.23. The fourth-order valence-corrected chi connectivity index (χ4v) is 2.07. The van der Waals surface area contributed by atoms with Gasteiger partial charge in [0.15, 0.2) is 5.82 Å². The van der Waals surface area contributed by atoms with Crippen LogP contribution in [0.5, 0.6) is 0 Å². The Bertz CT molecular complexity index is 354. The molecule has 0 atom stereocenters. The van der Waals surface area contributed by atoms with E-state index in [9.17, 15) is 4.79 Å². The Morgan fingerprint density at radius 1 is 1.60 bits per heavy atom. The maximum atomic E-state index is 11.9. The second-order valence-electron chi connectivity index (χ2n) is 4.04. The molecule has 3 N–H and O–H groups in total. The number of aromatic amines is 1. The third kappa shape index (κ3) is 1.95. The summed E-state index contributed by atoms with van der Waals surface area (Å²) in [6, 6.07) is 0.365. The summed E-state index contributed by atoms with van der Waals surface area (Å²) in [5.74, 6) is 0.693. The first-order valence-electron chi connectivity index (χ1n) is 5.26. The minimum absolute atomic E-state index is 0.0707. The number of hydrogen-bond acceptors (Lipinski definition) is 3. The molecule has 0 aliphatic heterocycles. The molecular formula is C10H16N4O. The number of amides is 1. The molecule has 0 unspecified atom stereocenters. The Morgan fingerprint density at radius 3 is 2.80 bits per heavy atom. The molecule has 0 aromatic carbocycles. The van der Waals surface area contributed by atoms with E-state index in [1.165, 1.54) is 19.0 Å². The molecule has 1 aliphatic rings. The first-order valence-corrected chi connectivity index (χ1v) is 5.26. The number of nitrogen functional groups attached to an aromatic ring is 1. The Morgan fingerprint density at radius 2 is 2.27 bits per heavy atom. The fraction of sp³-hybridized carbons (Fsp3) is 0.600. The van der Waals surface area contributed by atoms with Crippen molar-refractivity contribution in [2.45, 2.75) is 31.7 Å². The summed E-state index contributed by atoms with van der Waals surface area (Å²) >= 11 is 0. The first-order chi connectivity index (χ1) is 7.18. The summed E-state index contributed by atoms with van der Waals surface area (Å²) in [6.07, 6.45) is 6.08. The maximum Gasteiger partial charge on any atom is 0.289 e. The summed E-state index contributed by atoms with van der Waals surface area (Å²) in [5.41, 5.74) is 5.48. The lowest BCUT2D eigenvalue weighted by Crippen LogP contribution is -2.35. The number of nitrogens with zero attached hydrogens (tertiary/aromatic N) is 2. The van der Waals surface area contributed by atoms with Crippen LogP contribution in [0.1, 0.15) is 36.3 Å². The predicted octanol–water partition coefficient (Wildman–Crippen LogP) is 1.01. The molecule has 1 fully saturated rings. The monoisotopic (exact) mass is 208 g/mol. The largest absolute Gasteiger partial charge is 0.384 e. The van der Waals surface area contributed by atoms with Crippen LogP contribution in [0.25, 0.3) is 0 Å². The van der Waals surface area contributed by atoms with E-state index in [4.69, 9.17) is 5.73 Å². The Balaban J connectivity index is 2.06. The molecule has 0 bridgehead atoms. The smallest absolute Gasteiger partial charge is 0.289 e. The molecule has 0 saturated heterocycles. The van der Waals surface area contributed by atoms with E-state index in [0.717, 1.165) is 12.8 Å². The number of hydrogen-bond donors (Lipinski definition) is 2. The molecular weight excluding hydrogens is 192 g/mol. The van der Waals surface area contributed by atoms with Gasteiger partial charge < -0.3 is 15.6 Å². The van der Waals surface area contributed by atoms with E-state index in [1.807, 2.05) is 7.05 Å². The van der Waals surface area contributed by atoms with Crippen molar-refractivity contribution in [1.82, 2.24) is 14.9 Å². The summed E-state index contributed by atoms with van der Waals surface area (Å²) in [7, 11) is 1.83. The van der Waals surface area contributed by atoms with Gasteiger partial charge in [-0.15, -0.1) is 0 Å². The molecule has 82 valence electrons. The van der Waals surface area contributed by atoms with E-state index in [0.29, 0.717) is 17.7 Å². The van der Waals surface area contributed by atoms with Crippen LogP contribution in [-0.4, -0.2) is 33.9 Å². The Labute approximate surface area is 88.7 Å².